The van der Waals surface area contributed by atoms with Crippen molar-refractivity contribution in [1.29, 1.82) is 0 Å². The minimum atomic E-state index is 0.247. The highest BCUT2D eigenvalue weighted by atomic mass is 127. The van der Waals surface area contributed by atoms with E-state index in [2.05, 4.69) is 32.6 Å². The summed E-state index contributed by atoms with van der Waals surface area (Å²) in [5, 5.41) is 0. The Bertz CT molecular complexity index is 298. The van der Waals surface area contributed by atoms with Gasteiger partial charge in [0.25, 0.3) is 0 Å². The van der Waals surface area contributed by atoms with Crippen molar-refractivity contribution in [1.82, 2.24) is 9.97 Å². The summed E-state index contributed by atoms with van der Waals surface area (Å²) in [7, 11) is 0. The van der Waals surface area contributed by atoms with Crippen molar-refractivity contribution in [2.75, 3.05) is 11.5 Å². The topological polar surface area (TPSA) is 77.8 Å². The van der Waals surface area contributed by atoms with Crippen LogP contribution in [0.5, 0.6) is 0 Å². The maximum absolute atomic E-state index is 5.62. The van der Waals surface area contributed by atoms with Crippen LogP contribution in [0.4, 0.5) is 11.8 Å². The van der Waals surface area contributed by atoms with Crippen molar-refractivity contribution in [3.05, 3.63) is 9.26 Å². The first-order valence-electron chi connectivity index (χ1n) is 3.60. The van der Waals surface area contributed by atoms with Crippen molar-refractivity contribution in [2.24, 2.45) is 0 Å². The van der Waals surface area contributed by atoms with E-state index in [1.54, 1.807) is 0 Å². The molecule has 4 N–H and O–H groups in total. The van der Waals surface area contributed by atoms with Crippen LogP contribution in [0.15, 0.2) is 0 Å². The van der Waals surface area contributed by atoms with E-state index in [0.29, 0.717) is 11.7 Å². The summed E-state index contributed by atoms with van der Waals surface area (Å²) in [5.74, 6) is 1.04. The minimum absolute atomic E-state index is 0.247. The van der Waals surface area contributed by atoms with Gasteiger partial charge in [0.05, 0.1) is 9.26 Å². The monoisotopic (exact) mass is 278 g/mol. The maximum Gasteiger partial charge on any atom is 0.222 e. The molecule has 0 radical (unpaired) electrons. The molecule has 0 bridgehead atoms. The molecule has 0 saturated heterocycles. The fourth-order valence-electron chi connectivity index (χ4n) is 0.884. The van der Waals surface area contributed by atoms with Gasteiger partial charge in [0.15, 0.2) is 0 Å². The molecule has 1 heterocycles. The summed E-state index contributed by atoms with van der Waals surface area (Å²) in [6, 6.07) is 0. The molecule has 0 atom stereocenters. The Morgan fingerprint density at radius 1 is 1.25 bits per heavy atom. The van der Waals surface area contributed by atoms with E-state index >= 15 is 0 Å². The van der Waals surface area contributed by atoms with Gasteiger partial charge in [0.2, 0.25) is 5.95 Å². The Hall–Kier alpha value is -0.590. The molecule has 12 heavy (non-hydrogen) atoms. The van der Waals surface area contributed by atoms with Gasteiger partial charge < -0.3 is 11.5 Å². The summed E-state index contributed by atoms with van der Waals surface area (Å²) in [6.45, 7) is 4.09. The smallest absolute Gasteiger partial charge is 0.222 e. The first-order chi connectivity index (χ1) is 5.52. The zero-order valence-corrected chi connectivity index (χ0v) is 9.16. The van der Waals surface area contributed by atoms with Gasteiger partial charge in [0.1, 0.15) is 5.82 Å². The van der Waals surface area contributed by atoms with Crippen LogP contribution >= 0.6 is 22.6 Å². The van der Waals surface area contributed by atoms with Gasteiger partial charge in [-0.15, -0.1) is 0 Å². The van der Waals surface area contributed by atoms with Crippen molar-refractivity contribution < 1.29 is 0 Å². The number of halogens is 1. The van der Waals surface area contributed by atoms with Crippen molar-refractivity contribution in [3.63, 3.8) is 0 Å². The molecular formula is C7H11IN4. The van der Waals surface area contributed by atoms with Crippen molar-refractivity contribution in [2.45, 2.75) is 19.8 Å². The number of nitrogen functional groups attached to an aromatic ring is 2. The van der Waals surface area contributed by atoms with E-state index < -0.39 is 0 Å². The fourth-order valence-corrected chi connectivity index (χ4v) is 1.75. The fraction of sp³-hybridized carbons (Fsp3) is 0.429. The van der Waals surface area contributed by atoms with Crippen LogP contribution in [0.1, 0.15) is 25.5 Å². The van der Waals surface area contributed by atoms with Gasteiger partial charge in [-0.1, -0.05) is 13.8 Å². The predicted octanol–water partition coefficient (Wildman–Crippen LogP) is 1.37. The summed E-state index contributed by atoms with van der Waals surface area (Å²) < 4.78 is 0.900. The van der Waals surface area contributed by atoms with E-state index in [4.69, 9.17) is 11.5 Å². The molecule has 4 nitrogen and oxygen atoms in total. The molecule has 0 aromatic carbocycles. The number of nitrogens with two attached hydrogens (primary N) is 2. The number of nitrogens with zero attached hydrogens (tertiary/aromatic N) is 2. The summed E-state index contributed by atoms with van der Waals surface area (Å²) in [6.07, 6.45) is 0. The normalized spacial score (nSPS) is 10.7. The van der Waals surface area contributed by atoms with Gasteiger partial charge in [-0.25, -0.2) is 4.98 Å². The van der Waals surface area contributed by atoms with Crippen LogP contribution in [0.3, 0.4) is 0 Å². The van der Waals surface area contributed by atoms with E-state index in [1.165, 1.54) is 0 Å². The third kappa shape index (κ3) is 1.77. The lowest BCUT2D eigenvalue weighted by Crippen LogP contribution is -2.07. The molecule has 0 spiro atoms. The lowest BCUT2D eigenvalue weighted by molar-refractivity contribution is 0.811. The van der Waals surface area contributed by atoms with Crippen LogP contribution in [0.25, 0.3) is 0 Å². The Labute approximate surface area is 84.9 Å². The molecule has 1 aromatic rings. The van der Waals surface area contributed by atoms with Crippen molar-refractivity contribution in [3.8, 4) is 0 Å². The Morgan fingerprint density at radius 2 is 1.83 bits per heavy atom. The average Bonchev–Trinajstić information content (AvgIpc) is 1.96. The summed E-state index contributed by atoms with van der Waals surface area (Å²) in [5.41, 5.74) is 12.0. The van der Waals surface area contributed by atoms with Gasteiger partial charge in [-0.2, -0.15) is 4.98 Å². The van der Waals surface area contributed by atoms with E-state index in [1.807, 2.05) is 13.8 Å². The molecule has 0 unspecified atom stereocenters. The largest absolute Gasteiger partial charge is 0.383 e. The molecular weight excluding hydrogens is 267 g/mol. The number of anilines is 2. The van der Waals surface area contributed by atoms with Crippen LogP contribution < -0.4 is 11.5 Å². The van der Waals surface area contributed by atoms with Crippen LogP contribution in [0.2, 0.25) is 0 Å². The maximum atomic E-state index is 5.62. The Kier molecular flexibility index (Phi) is 2.71. The molecule has 0 aliphatic rings. The highest BCUT2D eigenvalue weighted by Gasteiger charge is 2.10. The van der Waals surface area contributed by atoms with Gasteiger partial charge in [0, 0.05) is 0 Å². The highest BCUT2D eigenvalue weighted by molar-refractivity contribution is 14.1. The summed E-state index contributed by atoms with van der Waals surface area (Å²) >= 11 is 2.13. The van der Waals surface area contributed by atoms with E-state index in [-0.39, 0.29) is 5.95 Å². The van der Waals surface area contributed by atoms with Gasteiger partial charge >= 0.3 is 0 Å². The van der Waals surface area contributed by atoms with Crippen LogP contribution in [0, 0.1) is 3.57 Å². The standard InChI is InChI=1S/C7H11IN4/c1-3(2)5-4(8)6(9)12-7(10)11-5/h3H,1-2H3,(H4,9,10,11,12). The predicted molar refractivity (Wildman–Crippen MR) is 57.7 cm³/mol. The molecule has 1 rings (SSSR count). The number of hydrogen-bond donors (Lipinski definition) is 2. The lowest BCUT2D eigenvalue weighted by atomic mass is 10.1. The second-order valence-corrected chi connectivity index (χ2v) is 3.90. The van der Waals surface area contributed by atoms with Crippen LogP contribution in [-0.4, -0.2) is 9.97 Å². The van der Waals surface area contributed by atoms with Gasteiger partial charge in [-0.3, -0.25) is 0 Å². The first kappa shape index (κ1) is 9.50. The zero-order valence-electron chi connectivity index (χ0n) is 7.00. The zero-order chi connectivity index (χ0) is 9.30. The molecule has 66 valence electrons. The average molecular weight is 278 g/mol. The molecule has 0 saturated carbocycles. The summed E-state index contributed by atoms with van der Waals surface area (Å²) in [4.78, 5) is 7.97. The third-order valence-corrected chi connectivity index (χ3v) is 2.57. The number of aromatic nitrogens is 2. The van der Waals surface area contributed by atoms with E-state index in [9.17, 15) is 0 Å². The quantitative estimate of drug-likeness (QED) is 0.760. The van der Waals surface area contributed by atoms with Crippen molar-refractivity contribution >= 4 is 34.4 Å². The molecule has 0 amide bonds. The Morgan fingerprint density at radius 3 is 2.33 bits per heavy atom. The molecule has 0 fully saturated rings. The first-order valence-corrected chi connectivity index (χ1v) is 4.68. The number of rotatable bonds is 1. The van der Waals surface area contributed by atoms with E-state index in [0.717, 1.165) is 9.26 Å². The minimum Gasteiger partial charge on any atom is -0.383 e. The number of hydrogen-bond acceptors (Lipinski definition) is 4. The second-order valence-electron chi connectivity index (χ2n) is 2.82. The van der Waals surface area contributed by atoms with Gasteiger partial charge in [-0.05, 0) is 28.5 Å². The Balaban J connectivity index is 3.28. The molecule has 1 aromatic heterocycles. The third-order valence-electron chi connectivity index (χ3n) is 1.47. The highest BCUT2D eigenvalue weighted by Crippen LogP contribution is 2.23. The molecule has 0 aliphatic heterocycles. The molecule has 5 heteroatoms. The SMILES string of the molecule is CC(C)c1nc(N)nc(N)c1I. The second kappa shape index (κ2) is 3.42. The van der Waals surface area contributed by atoms with Crippen LogP contribution in [-0.2, 0) is 0 Å². The lowest BCUT2D eigenvalue weighted by Gasteiger charge is -2.08. The molecule has 0 aliphatic carbocycles.